The Balaban J connectivity index is 2.02. The van der Waals surface area contributed by atoms with Crippen LogP contribution in [0.25, 0.3) is 0 Å². The summed E-state index contributed by atoms with van der Waals surface area (Å²) in [5, 5.41) is 3.44. The average molecular weight is 350 g/mol. The molecule has 0 bridgehead atoms. The lowest BCUT2D eigenvalue weighted by molar-refractivity contribution is 0.595. The van der Waals surface area contributed by atoms with Gasteiger partial charge in [-0.25, -0.2) is 0 Å². The second-order valence-corrected chi connectivity index (χ2v) is 6.64. The Morgan fingerprint density at radius 1 is 1.15 bits per heavy atom. The second kappa shape index (κ2) is 7.87. The van der Waals surface area contributed by atoms with Crippen LogP contribution in [0.2, 0.25) is 0 Å². The molecule has 0 aliphatic heterocycles. The fourth-order valence-electron chi connectivity index (χ4n) is 2.11. The van der Waals surface area contributed by atoms with Gasteiger partial charge < -0.3 is 5.32 Å². The molecular formula is C17H20BrNS. The molecule has 0 aromatic heterocycles. The molecule has 106 valence electrons. The zero-order valence-corrected chi connectivity index (χ0v) is 14.3. The van der Waals surface area contributed by atoms with Gasteiger partial charge in [0.25, 0.3) is 0 Å². The molecule has 2 aromatic rings. The van der Waals surface area contributed by atoms with Crippen LogP contribution in [-0.2, 0) is 5.75 Å². The van der Waals surface area contributed by atoms with E-state index < -0.39 is 0 Å². The molecule has 1 unspecified atom stereocenters. The third-order valence-electron chi connectivity index (χ3n) is 3.20. The van der Waals surface area contributed by atoms with Crippen molar-refractivity contribution in [1.29, 1.82) is 0 Å². The first-order valence-corrected chi connectivity index (χ1v) is 8.68. The Morgan fingerprint density at radius 3 is 2.55 bits per heavy atom. The van der Waals surface area contributed by atoms with Crippen molar-refractivity contribution in [2.45, 2.75) is 30.5 Å². The van der Waals surface area contributed by atoms with Gasteiger partial charge in [-0.3, -0.25) is 0 Å². The van der Waals surface area contributed by atoms with E-state index in [0.29, 0.717) is 6.04 Å². The molecule has 2 rings (SSSR count). The molecule has 1 N–H and O–H groups in total. The number of hydrogen-bond acceptors (Lipinski definition) is 2. The number of nitrogens with one attached hydrogen (secondary N) is 1. The minimum Gasteiger partial charge on any atom is -0.310 e. The summed E-state index contributed by atoms with van der Waals surface area (Å²) in [6.07, 6.45) is 0. The van der Waals surface area contributed by atoms with E-state index in [0.717, 1.165) is 12.3 Å². The molecule has 3 heteroatoms. The van der Waals surface area contributed by atoms with Crippen molar-refractivity contribution in [2.75, 3.05) is 6.54 Å². The zero-order valence-electron chi connectivity index (χ0n) is 11.9. The van der Waals surface area contributed by atoms with Crippen LogP contribution in [0.15, 0.2) is 57.9 Å². The Kier molecular flexibility index (Phi) is 6.14. The summed E-state index contributed by atoms with van der Waals surface area (Å²) >= 11 is 5.56. The van der Waals surface area contributed by atoms with Crippen molar-refractivity contribution >= 4 is 27.7 Å². The van der Waals surface area contributed by atoms with Crippen molar-refractivity contribution < 1.29 is 0 Å². The molecule has 0 saturated carbocycles. The van der Waals surface area contributed by atoms with Gasteiger partial charge in [-0.1, -0.05) is 59.3 Å². The Morgan fingerprint density at radius 2 is 1.90 bits per heavy atom. The van der Waals surface area contributed by atoms with E-state index in [2.05, 4.69) is 83.6 Å². The van der Waals surface area contributed by atoms with Crippen LogP contribution in [0.3, 0.4) is 0 Å². The zero-order chi connectivity index (χ0) is 14.4. The topological polar surface area (TPSA) is 12.0 Å². The fraction of sp³-hybridized carbons (Fsp3) is 0.294. The molecule has 0 aliphatic rings. The number of thioether (sulfide) groups is 1. The monoisotopic (exact) mass is 349 g/mol. The minimum atomic E-state index is 0.377. The largest absolute Gasteiger partial charge is 0.310 e. The van der Waals surface area contributed by atoms with E-state index in [1.807, 2.05) is 11.8 Å². The average Bonchev–Trinajstić information content (AvgIpc) is 2.46. The van der Waals surface area contributed by atoms with Gasteiger partial charge in [0.1, 0.15) is 0 Å². The summed E-state index contributed by atoms with van der Waals surface area (Å²) < 4.78 is 1.18. The normalized spacial score (nSPS) is 12.3. The molecule has 20 heavy (non-hydrogen) atoms. The third kappa shape index (κ3) is 4.37. The summed E-state index contributed by atoms with van der Waals surface area (Å²) in [7, 11) is 0. The van der Waals surface area contributed by atoms with Crippen LogP contribution in [0.4, 0.5) is 0 Å². The molecule has 0 spiro atoms. The maximum absolute atomic E-state index is 3.69. The van der Waals surface area contributed by atoms with Crippen molar-refractivity contribution in [3.8, 4) is 0 Å². The molecule has 0 radical (unpaired) electrons. The smallest absolute Gasteiger partial charge is 0.0302 e. The SMILES string of the molecule is CCNC(C)c1ccc(SCc2ccccc2)cc1Br. The first kappa shape index (κ1) is 15.6. The molecular weight excluding hydrogens is 330 g/mol. The van der Waals surface area contributed by atoms with E-state index in [1.165, 1.54) is 20.5 Å². The Bertz CT molecular complexity index is 542. The van der Waals surface area contributed by atoms with Gasteiger partial charge in [-0.05, 0) is 36.7 Å². The minimum absolute atomic E-state index is 0.377. The Labute approximate surface area is 134 Å². The molecule has 1 atom stereocenters. The van der Waals surface area contributed by atoms with Crippen LogP contribution in [0.5, 0.6) is 0 Å². The molecule has 2 aromatic carbocycles. The Hall–Kier alpha value is -0.770. The van der Waals surface area contributed by atoms with E-state index >= 15 is 0 Å². The quantitative estimate of drug-likeness (QED) is 0.699. The van der Waals surface area contributed by atoms with Crippen molar-refractivity contribution in [3.63, 3.8) is 0 Å². The number of rotatable bonds is 6. The van der Waals surface area contributed by atoms with Crippen molar-refractivity contribution in [1.82, 2.24) is 5.32 Å². The third-order valence-corrected chi connectivity index (χ3v) is 4.95. The fourth-order valence-corrected chi connectivity index (χ4v) is 3.87. The van der Waals surface area contributed by atoms with Crippen LogP contribution in [-0.4, -0.2) is 6.54 Å². The lowest BCUT2D eigenvalue weighted by Crippen LogP contribution is -2.18. The van der Waals surface area contributed by atoms with Crippen LogP contribution in [0, 0.1) is 0 Å². The molecule has 0 amide bonds. The van der Waals surface area contributed by atoms with Crippen LogP contribution >= 0.6 is 27.7 Å². The highest BCUT2D eigenvalue weighted by molar-refractivity contribution is 9.10. The van der Waals surface area contributed by atoms with E-state index in [9.17, 15) is 0 Å². The standard InChI is InChI=1S/C17H20BrNS/c1-3-19-13(2)16-10-9-15(11-17(16)18)20-12-14-7-5-4-6-8-14/h4-11,13,19H,3,12H2,1-2H3. The second-order valence-electron chi connectivity index (χ2n) is 4.74. The highest BCUT2D eigenvalue weighted by Gasteiger charge is 2.08. The summed E-state index contributed by atoms with van der Waals surface area (Å²) in [5.41, 5.74) is 2.68. The number of halogens is 1. The summed E-state index contributed by atoms with van der Waals surface area (Å²) in [6, 6.07) is 17.6. The molecule has 0 fully saturated rings. The van der Waals surface area contributed by atoms with Gasteiger partial charge in [-0.2, -0.15) is 0 Å². The summed E-state index contributed by atoms with van der Waals surface area (Å²) in [6.45, 7) is 5.31. The van der Waals surface area contributed by atoms with E-state index in [1.54, 1.807) is 0 Å². The van der Waals surface area contributed by atoms with Gasteiger partial charge in [0, 0.05) is 21.2 Å². The summed E-state index contributed by atoms with van der Waals surface area (Å²) in [4.78, 5) is 1.30. The number of benzene rings is 2. The first-order valence-electron chi connectivity index (χ1n) is 6.90. The van der Waals surface area contributed by atoms with E-state index in [4.69, 9.17) is 0 Å². The van der Waals surface area contributed by atoms with Gasteiger partial charge in [-0.15, -0.1) is 11.8 Å². The molecule has 0 saturated heterocycles. The molecule has 0 aliphatic carbocycles. The van der Waals surface area contributed by atoms with Crippen LogP contribution < -0.4 is 5.32 Å². The number of hydrogen-bond donors (Lipinski definition) is 1. The highest BCUT2D eigenvalue weighted by Crippen LogP contribution is 2.30. The van der Waals surface area contributed by atoms with Crippen LogP contribution in [0.1, 0.15) is 31.0 Å². The van der Waals surface area contributed by atoms with Gasteiger partial charge >= 0.3 is 0 Å². The summed E-state index contributed by atoms with van der Waals surface area (Å²) in [5.74, 6) is 1.01. The van der Waals surface area contributed by atoms with Gasteiger partial charge in [0.05, 0.1) is 0 Å². The maximum Gasteiger partial charge on any atom is 0.0302 e. The highest BCUT2D eigenvalue weighted by atomic mass is 79.9. The lowest BCUT2D eigenvalue weighted by Gasteiger charge is -2.15. The predicted molar refractivity (Wildman–Crippen MR) is 92.2 cm³/mol. The lowest BCUT2D eigenvalue weighted by atomic mass is 10.1. The van der Waals surface area contributed by atoms with E-state index in [-0.39, 0.29) is 0 Å². The maximum atomic E-state index is 3.69. The first-order chi connectivity index (χ1) is 9.70. The molecule has 0 heterocycles. The van der Waals surface area contributed by atoms with Gasteiger partial charge in [0.2, 0.25) is 0 Å². The van der Waals surface area contributed by atoms with Gasteiger partial charge in [0.15, 0.2) is 0 Å². The van der Waals surface area contributed by atoms with Crippen molar-refractivity contribution in [3.05, 3.63) is 64.1 Å². The molecule has 1 nitrogen and oxygen atoms in total. The predicted octanol–water partition coefficient (Wildman–Crippen LogP) is 5.41. The van der Waals surface area contributed by atoms with Crippen molar-refractivity contribution in [2.24, 2.45) is 0 Å².